The number of ether oxygens (including phenoxy) is 1. The van der Waals surface area contributed by atoms with Gasteiger partial charge in [0.1, 0.15) is 17.6 Å². The molecule has 0 aliphatic rings. The van der Waals surface area contributed by atoms with E-state index in [0.29, 0.717) is 13.2 Å². The van der Waals surface area contributed by atoms with Crippen molar-refractivity contribution in [3.8, 4) is 11.8 Å². The van der Waals surface area contributed by atoms with Gasteiger partial charge in [-0.1, -0.05) is 24.3 Å². The Morgan fingerprint density at radius 3 is 2.67 bits per heavy atom. The molecule has 0 saturated carbocycles. The van der Waals surface area contributed by atoms with Crippen molar-refractivity contribution >= 4 is 0 Å². The molecule has 0 radical (unpaired) electrons. The Kier molecular flexibility index (Phi) is 5.30. The first-order valence-electron chi connectivity index (χ1n) is 6.83. The van der Waals surface area contributed by atoms with Crippen LogP contribution in [0.4, 0.5) is 4.39 Å². The molecule has 0 bridgehead atoms. The Morgan fingerprint density at radius 2 is 2.00 bits per heavy atom. The molecule has 108 valence electrons. The van der Waals surface area contributed by atoms with Gasteiger partial charge < -0.3 is 4.74 Å². The summed E-state index contributed by atoms with van der Waals surface area (Å²) in [6.07, 6.45) is 0. The Labute approximate surface area is 124 Å². The maximum atomic E-state index is 12.8. The molecule has 0 aromatic heterocycles. The van der Waals surface area contributed by atoms with Crippen LogP contribution in [-0.2, 0) is 6.54 Å². The predicted octanol–water partition coefficient (Wildman–Crippen LogP) is 3.58. The lowest BCUT2D eigenvalue weighted by Crippen LogP contribution is -2.19. The second kappa shape index (κ2) is 7.41. The van der Waals surface area contributed by atoms with Crippen LogP contribution in [0, 0.1) is 17.1 Å². The molecule has 0 heterocycles. The van der Waals surface area contributed by atoms with Crippen LogP contribution in [0.2, 0.25) is 0 Å². The minimum atomic E-state index is -0.435. The fourth-order valence-corrected chi connectivity index (χ4v) is 2.01. The molecular weight excluding hydrogens is 267 g/mol. The van der Waals surface area contributed by atoms with E-state index >= 15 is 0 Å². The number of nitriles is 1. The zero-order chi connectivity index (χ0) is 15.1. The van der Waals surface area contributed by atoms with Crippen LogP contribution in [0.15, 0.2) is 48.5 Å². The van der Waals surface area contributed by atoms with E-state index in [9.17, 15) is 9.65 Å². The summed E-state index contributed by atoms with van der Waals surface area (Å²) in [5.74, 6) is 0.485. The molecule has 2 aromatic carbocycles. The van der Waals surface area contributed by atoms with E-state index in [0.717, 1.165) is 16.9 Å². The molecule has 0 amide bonds. The number of nitrogens with zero attached hydrogens (tertiary/aromatic N) is 1. The van der Waals surface area contributed by atoms with Crippen molar-refractivity contribution in [2.75, 3.05) is 6.61 Å². The highest BCUT2D eigenvalue weighted by Gasteiger charge is 2.10. The first-order chi connectivity index (χ1) is 10.2. The molecule has 0 aliphatic carbocycles. The third-order valence-electron chi connectivity index (χ3n) is 3.06. The van der Waals surface area contributed by atoms with Crippen molar-refractivity contribution in [3.63, 3.8) is 0 Å². The Morgan fingerprint density at radius 1 is 1.24 bits per heavy atom. The van der Waals surface area contributed by atoms with Crippen molar-refractivity contribution in [2.45, 2.75) is 19.5 Å². The number of hydrogen-bond donors (Lipinski definition) is 1. The molecule has 0 aliphatic heterocycles. The van der Waals surface area contributed by atoms with Crippen LogP contribution in [-0.4, -0.2) is 6.61 Å². The van der Waals surface area contributed by atoms with Gasteiger partial charge >= 0.3 is 0 Å². The van der Waals surface area contributed by atoms with E-state index in [2.05, 4.69) is 11.4 Å². The molecule has 0 saturated heterocycles. The van der Waals surface area contributed by atoms with E-state index in [1.165, 1.54) is 12.1 Å². The number of rotatable bonds is 6. The molecule has 3 nitrogen and oxygen atoms in total. The van der Waals surface area contributed by atoms with Gasteiger partial charge in [0.2, 0.25) is 0 Å². The SMILES string of the molecule is CCOc1cccc(C(C#N)NCc2ccc(F)cc2)c1. The maximum absolute atomic E-state index is 12.8. The van der Waals surface area contributed by atoms with Gasteiger partial charge in [0, 0.05) is 6.54 Å². The van der Waals surface area contributed by atoms with Crippen molar-refractivity contribution < 1.29 is 9.13 Å². The van der Waals surface area contributed by atoms with E-state index in [1.807, 2.05) is 31.2 Å². The van der Waals surface area contributed by atoms with Gasteiger partial charge in [-0.2, -0.15) is 5.26 Å². The summed E-state index contributed by atoms with van der Waals surface area (Å²) >= 11 is 0. The third kappa shape index (κ3) is 4.30. The highest BCUT2D eigenvalue weighted by atomic mass is 19.1. The topological polar surface area (TPSA) is 45.0 Å². The second-order valence-electron chi connectivity index (χ2n) is 4.57. The smallest absolute Gasteiger partial charge is 0.123 e. The highest BCUT2D eigenvalue weighted by molar-refractivity contribution is 5.33. The van der Waals surface area contributed by atoms with E-state index in [4.69, 9.17) is 4.74 Å². The van der Waals surface area contributed by atoms with E-state index in [-0.39, 0.29) is 5.82 Å². The van der Waals surface area contributed by atoms with Gasteiger partial charge in [-0.05, 0) is 42.3 Å². The summed E-state index contributed by atoms with van der Waals surface area (Å²) in [7, 11) is 0. The van der Waals surface area contributed by atoms with Crippen LogP contribution < -0.4 is 10.1 Å². The molecule has 2 rings (SSSR count). The van der Waals surface area contributed by atoms with Crippen LogP contribution in [0.1, 0.15) is 24.1 Å². The fraction of sp³-hybridized carbons (Fsp3) is 0.235. The van der Waals surface area contributed by atoms with Crippen LogP contribution >= 0.6 is 0 Å². The average molecular weight is 284 g/mol. The lowest BCUT2D eigenvalue weighted by Gasteiger charge is -2.13. The molecule has 0 spiro atoms. The molecule has 1 unspecified atom stereocenters. The highest BCUT2D eigenvalue weighted by Crippen LogP contribution is 2.19. The minimum absolute atomic E-state index is 0.264. The van der Waals surface area contributed by atoms with Gasteiger partial charge in [-0.3, -0.25) is 5.32 Å². The fourth-order valence-electron chi connectivity index (χ4n) is 2.01. The Bertz CT molecular complexity index is 619. The average Bonchev–Trinajstić information content (AvgIpc) is 2.50. The molecule has 1 atom stereocenters. The van der Waals surface area contributed by atoms with Crippen LogP contribution in [0.5, 0.6) is 5.75 Å². The van der Waals surface area contributed by atoms with Gasteiger partial charge in [-0.15, -0.1) is 0 Å². The van der Waals surface area contributed by atoms with E-state index in [1.54, 1.807) is 12.1 Å². The standard InChI is InChI=1S/C17H17FN2O/c1-2-21-16-5-3-4-14(10-16)17(11-19)20-12-13-6-8-15(18)9-7-13/h3-10,17,20H,2,12H2,1H3. The zero-order valence-corrected chi connectivity index (χ0v) is 11.8. The Balaban J connectivity index is 2.04. The molecule has 21 heavy (non-hydrogen) atoms. The molecule has 1 N–H and O–H groups in total. The monoisotopic (exact) mass is 284 g/mol. The summed E-state index contributed by atoms with van der Waals surface area (Å²) in [5, 5.41) is 12.5. The maximum Gasteiger partial charge on any atom is 0.123 e. The summed E-state index contributed by atoms with van der Waals surface area (Å²) < 4.78 is 18.3. The van der Waals surface area contributed by atoms with Crippen molar-refractivity contribution in [1.82, 2.24) is 5.32 Å². The van der Waals surface area contributed by atoms with Crippen molar-refractivity contribution in [3.05, 3.63) is 65.5 Å². The lowest BCUT2D eigenvalue weighted by atomic mass is 10.1. The summed E-state index contributed by atoms with van der Waals surface area (Å²) in [5.41, 5.74) is 1.78. The first-order valence-corrected chi connectivity index (χ1v) is 6.83. The van der Waals surface area contributed by atoms with Crippen LogP contribution in [0.25, 0.3) is 0 Å². The van der Waals surface area contributed by atoms with Gasteiger partial charge in [0.05, 0.1) is 12.7 Å². The molecular formula is C17H17FN2O. The van der Waals surface area contributed by atoms with Crippen LogP contribution in [0.3, 0.4) is 0 Å². The summed E-state index contributed by atoms with van der Waals surface area (Å²) in [6.45, 7) is 3.00. The first kappa shape index (κ1) is 15.0. The Hall–Kier alpha value is -2.38. The normalized spacial score (nSPS) is 11.7. The number of benzene rings is 2. The zero-order valence-electron chi connectivity index (χ0n) is 11.8. The summed E-state index contributed by atoms with van der Waals surface area (Å²) in [4.78, 5) is 0. The van der Waals surface area contributed by atoms with Crippen molar-refractivity contribution in [2.24, 2.45) is 0 Å². The predicted molar refractivity (Wildman–Crippen MR) is 79.2 cm³/mol. The van der Waals surface area contributed by atoms with Gasteiger partial charge in [-0.25, -0.2) is 4.39 Å². The van der Waals surface area contributed by atoms with Gasteiger partial charge in [0.15, 0.2) is 0 Å². The number of hydrogen-bond acceptors (Lipinski definition) is 3. The second-order valence-corrected chi connectivity index (χ2v) is 4.57. The molecule has 2 aromatic rings. The largest absolute Gasteiger partial charge is 0.494 e. The molecule has 4 heteroatoms. The number of halogens is 1. The quantitative estimate of drug-likeness (QED) is 0.882. The number of nitrogens with one attached hydrogen (secondary N) is 1. The van der Waals surface area contributed by atoms with Gasteiger partial charge in [0.25, 0.3) is 0 Å². The lowest BCUT2D eigenvalue weighted by molar-refractivity contribution is 0.339. The van der Waals surface area contributed by atoms with E-state index < -0.39 is 6.04 Å². The third-order valence-corrected chi connectivity index (χ3v) is 3.06. The summed E-state index contributed by atoms with van der Waals surface area (Å²) in [6, 6.07) is 15.5. The van der Waals surface area contributed by atoms with Crippen molar-refractivity contribution in [1.29, 1.82) is 5.26 Å². The molecule has 0 fully saturated rings. The minimum Gasteiger partial charge on any atom is -0.494 e.